The maximum absolute atomic E-state index is 3.88. The van der Waals surface area contributed by atoms with Gasteiger partial charge in [-0.3, -0.25) is 4.90 Å². The standard InChI is InChI=1S/C16H32N2/c1-6-13(4)18-11-16(5,14-7-8-14)17-10-15(18)9-12(2)3/h12-15,17H,6-11H2,1-5H3. The second kappa shape index (κ2) is 5.50. The van der Waals surface area contributed by atoms with Gasteiger partial charge in [0, 0.05) is 30.7 Å². The minimum Gasteiger partial charge on any atom is -0.308 e. The molecular weight excluding hydrogens is 220 g/mol. The third-order valence-electron chi connectivity index (χ3n) is 5.10. The second-order valence-corrected chi connectivity index (χ2v) is 7.29. The Kier molecular flexibility index (Phi) is 4.38. The molecule has 2 aliphatic rings. The zero-order valence-electron chi connectivity index (χ0n) is 13.0. The summed E-state index contributed by atoms with van der Waals surface area (Å²) >= 11 is 0. The Bertz CT molecular complexity index is 272. The molecule has 2 nitrogen and oxygen atoms in total. The Morgan fingerprint density at radius 1 is 1.28 bits per heavy atom. The maximum Gasteiger partial charge on any atom is 0.0309 e. The van der Waals surface area contributed by atoms with Crippen LogP contribution in [0.5, 0.6) is 0 Å². The van der Waals surface area contributed by atoms with Gasteiger partial charge in [0.2, 0.25) is 0 Å². The van der Waals surface area contributed by atoms with E-state index in [1.54, 1.807) is 0 Å². The molecule has 106 valence electrons. The van der Waals surface area contributed by atoms with E-state index in [1.807, 2.05) is 0 Å². The molecule has 18 heavy (non-hydrogen) atoms. The van der Waals surface area contributed by atoms with Crippen LogP contribution in [0.2, 0.25) is 0 Å². The zero-order valence-corrected chi connectivity index (χ0v) is 13.0. The normalized spacial score (nSPS) is 36.0. The molecule has 3 atom stereocenters. The lowest BCUT2D eigenvalue weighted by molar-refractivity contribution is 0.0337. The molecule has 0 bridgehead atoms. The van der Waals surface area contributed by atoms with E-state index in [4.69, 9.17) is 0 Å². The molecule has 1 saturated carbocycles. The highest BCUT2D eigenvalue weighted by Crippen LogP contribution is 2.42. The van der Waals surface area contributed by atoms with Gasteiger partial charge in [0.1, 0.15) is 0 Å². The fraction of sp³-hybridized carbons (Fsp3) is 1.00. The Hall–Kier alpha value is -0.0800. The first-order chi connectivity index (χ1) is 8.46. The van der Waals surface area contributed by atoms with Crippen molar-refractivity contribution < 1.29 is 0 Å². The predicted molar refractivity (Wildman–Crippen MR) is 78.8 cm³/mol. The van der Waals surface area contributed by atoms with Gasteiger partial charge < -0.3 is 5.32 Å². The van der Waals surface area contributed by atoms with Gasteiger partial charge in [-0.2, -0.15) is 0 Å². The summed E-state index contributed by atoms with van der Waals surface area (Å²) in [6.45, 7) is 14.3. The molecule has 1 saturated heterocycles. The van der Waals surface area contributed by atoms with Crippen molar-refractivity contribution in [3.05, 3.63) is 0 Å². The van der Waals surface area contributed by atoms with E-state index in [9.17, 15) is 0 Å². The lowest BCUT2D eigenvalue weighted by Crippen LogP contribution is -2.65. The van der Waals surface area contributed by atoms with E-state index in [1.165, 1.54) is 38.8 Å². The molecule has 1 aliphatic carbocycles. The molecule has 0 amide bonds. The van der Waals surface area contributed by atoms with E-state index >= 15 is 0 Å². The van der Waals surface area contributed by atoms with Crippen LogP contribution in [0.25, 0.3) is 0 Å². The van der Waals surface area contributed by atoms with Gasteiger partial charge in [-0.05, 0) is 51.4 Å². The Morgan fingerprint density at radius 3 is 2.44 bits per heavy atom. The van der Waals surface area contributed by atoms with Crippen LogP contribution in [0, 0.1) is 11.8 Å². The van der Waals surface area contributed by atoms with Gasteiger partial charge in [-0.1, -0.05) is 20.8 Å². The van der Waals surface area contributed by atoms with Crippen molar-refractivity contribution in [3.8, 4) is 0 Å². The predicted octanol–water partition coefficient (Wildman–Crippen LogP) is 3.27. The molecule has 0 spiro atoms. The maximum atomic E-state index is 3.88. The third kappa shape index (κ3) is 3.08. The van der Waals surface area contributed by atoms with Crippen molar-refractivity contribution in [1.82, 2.24) is 10.2 Å². The van der Waals surface area contributed by atoms with Crippen molar-refractivity contribution in [2.24, 2.45) is 11.8 Å². The van der Waals surface area contributed by atoms with Gasteiger partial charge in [0.25, 0.3) is 0 Å². The van der Waals surface area contributed by atoms with Crippen LogP contribution >= 0.6 is 0 Å². The van der Waals surface area contributed by atoms with Gasteiger partial charge in [-0.15, -0.1) is 0 Å². The average Bonchev–Trinajstić information content (AvgIpc) is 3.14. The number of hydrogen-bond donors (Lipinski definition) is 1. The largest absolute Gasteiger partial charge is 0.308 e. The number of nitrogens with one attached hydrogen (secondary N) is 1. The van der Waals surface area contributed by atoms with Gasteiger partial charge in [-0.25, -0.2) is 0 Å². The Balaban J connectivity index is 2.04. The first-order valence-electron chi connectivity index (χ1n) is 7.97. The van der Waals surface area contributed by atoms with E-state index in [-0.39, 0.29) is 0 Å². The molecule has 2 fully saturated rings. The molecule has 0 aromatic rings. The summed E-state index contributed by atoms with van der Waals surface area (Å²) in [5, 5.41) is 3.88. The molecule has 2 heteroatoms. The molecule has 3 unspecified atom stereocenters. The first kappa shape index (κ1) is 14.3. The highest BCUT2D eigenvalue weighted by atomic mass is 15.3. The van der Waals surface area contributed by atoms with E-state index in [0.717, 1.165) is 23.9 Å². The first-order valence-corrected chi connectivity index (χ1v) is 7.97. The van der Waals surface area contributed by atoms with Crippen LogP contribution in [0.4, 0.5) is 0 Å². The van der Waals surface area contributed by atoms with Crippen LogP contribution in [0.1, 0.15) is 60.3 Å². The summed E-state index contributed by atoms with van der Waals surface area (Å²) < 4.78 is 0. The lowest BCUT2D eigenvalue weighted by Gasteiger charge is -2.49. The minimum absolute atomic E-state index is 0.386. The average molecular weight is 252 g/mol. The molecule has 0 radical (unpaired) electrons. The Morgan fingerprint density at radius 2 is 1.94 bits per heavy atom. The number of piperazine rings is 1. The zero-order chi connectivity index (χ0) is 13.3. The quantitative estimate of drug-likeness (QED) is 0.808. The Labute approximate surface area is 114 Å². The van der Waals surface area contributed by atoms with Crippen LogP contribution < -0.4 is 5.32 Å². The highest BCUT2D eigenvalue weighted by Gasteiger charge is 2.46. The van der Waals surface area contributed by atoms with Crippen LogP contribution in [0.15, 0.2) is 0 Å². The van der Waals surface area contributed by atoms with Crippen molar-refractivity contribution >= 4 is 0 Å². The molecule has 2 rings (SSSR count). The molecule has 1 heterocycles. The van der Waals surface area contributed by atoms with Crippen molar-refractivity contribution in [2.75, 3.05) is 13.1 Å². The van der Waals surface area contributed by atoms with Crippen molar-refractivity contribution in [1.29, 1.82) is 0 Å². The SMILES string of the molecule is CCC(C)N1CC(C)(C2CC2)NCC1CC(C)C. The topological polar surface area (TPSA) is 15.3 Å². The minimum atomic E-state index is 0.386. The second-order valence-electron chi connectivity index (χ2n) is 7.29. The number of nitrogens with zero attached hydrogens (tertiary/aromatic N) is 1. The highest BCUT2D eigenvalue weighted by molar-refractivity contribution is 5.04. The fourth-order valence-corrected chi connectivity index (χ4v) is 3.54. The fourth-order valence-electron chi connectivity index (χ4n) is 3.54. The lowest BCUT2D eigenvalue weighted by atomic mass is 9.87. The molecule has 1 aliphatic heterocycles. The number of hydrogen-bond acceptors (Lipinski definition) is 2. The summed E-state index contributed by atoms with van der Waals surface area (Å²) in [6.07, 6.45) is 5.48. The summed E-state index contributed by atoms with van der Waals surface area (Å²) in [7, 11) is 0. The number of rotatable bonds is 5. The van der Waals surface area contributed by atoms with E-state index in [0.29, 0.717) is 5.54 Å². The molecular formula is C16H32N2. The van der Waals surface area contributed by atoms with Gasteiger partial charge in [0.15, 0.2) is 0 Å². The van der Waals surface area contributed by atoms with Crippen molar-refractivity contribution in [2.45, 2.75) is 77.9 Å². The van der Waals surface area contributed by atoms with E-state index < -0.39 is 0 Å². The van der Waals surface area contributed by atoms with Gasteiger partial charge in [0.05, 0.1) is 0 Å². The smallest absolute Gasteiger partial charge is 0.0309 e. The molecule has 0 aromatic heterocycles. The summed E-state index contributed by atoms with van der Waals surface area (Å²) in [6, 6.07) is 1.47. The molecule has 0 aromatic carbocycles. The van der Waals surface area contributed by atoms with Crippen molar-refractivity contribution in [3.63, 3.8) is 0 Å². The molecule has 1 N–H and O–H groups in total. The summed E-state index contributed by atoms with van der Waals surface area (Å²) in [4.78, 5) is 2.80. The van der Waals surface area contributed by atoms with Crippen LogP contribution in [0.3, 0.4) is 0 Å². The van der Waals surface area contributed by atoms with Crippen LogP contribution in [-0.4, -0.2) is 35.6 Å². The summed E-state index contributed by atoms with van der Waals surface area (Å²) in [5.41, 5.74) is 0.386. The van der Waals surface area contributed by atoms with Gasteiger partial charge >= 0.3 is 0 Å². The third-order valence-corrected chi connectivity index (χ3v) is 5.10. The van der Waals surface area contributed by atoms with E-state index in [2.05, 4.69) is 44.8 Å². The summed E-state index contributed by atoms with van der Waals surface area (Å²) in [5.74, 6) is 1.73. The van der Waals surface area contributed by atoms with Crippen LogP contribution in [-0.2, 0) is 0 Å². The monoisotopic (exact) mass is 252 g/mol.